The normalized spacial score (nSPS) is 25.1. The van der Waals surface area contributed by atoms with Crippen LogP contribution in [-0.4, -0.2) is 41.0 Å². The molecule has 0 aliphatic carbocycles. The Hall–Kier alpha value is -2.14. The van der Waals surface area contributed by atoms with Crippen LogP contribution in [0.5, 0.6) is 0 Å². The summed E-state index contributed by atoms with van der Waals surface area (Å²) in [4.78, 5) is 18.8. The number of aryl methyl sites for hydroxylation is 1. The molecule has 0 radical (unpaired) electrons. The van der Waals surface area contributed by atoms with Crippen LogP contribution in [0.4, 0.5) is 0 Å². The number of benzene rings is 1. The van der Waals surface area contributed by atoms with Gasteiger partial charge in [-0.15, -0.1) is 0 Å². The van der Waals surface area contributed by atoms with Crippen molar-refractivity contribution in [2.45, 2.75) is 56.7 Å². The molecule has 2 aliphatic rings. The molecule has 2 atom stereocenters. The summed E-state index contributed by atoms with van der Waals surface area (Å²) >= 11 is 0. The van der Waals surface area contributed by atoms with Crippen LogP contribution in [0, 0.1) is 0 Å². The van der Waals surface area contributed by atoms with Gasteiger partial charge in [-0.05, 0) is 25.7 Å². The minimum atomic E-state index is 0.186. The molecule has 5 heteroatoms. The summed E-state index contributed by atoms with van der Waals surface area (Å²) in [7, 11) is 1.95. The van der Waals surface area contributed by atoms with Gasteiger partial charge in [-0.25, -0.2) is 4.98 Å². The van der Waals surface area contributed by atoms with Crippen molar-refractivity contribution < 1.29 is 9.21 Å². The third-order valence-corrected chi connectivity index (χ3v) is 5.55. The Kier molecular flexibility index (Phi) is 4.57. The first-order valence-electron chi connectivity index (χ1n) is 9.21. The lowest BCUT2D eigenvalue weighted by Crippen LogP contribution is -2.48. The molecule has 5 nitrogen and oxygen atoms in total. The molecule has 25 heavy (non-hydrogen) atoms. The SMILES string of the molecule is CN(C(=O)CCc1ncc(-c2ccccc2)o1)C1CC2CCC(C1)N2. The number of piperidine rings is 1. The number of carbonyl (C=O) groups excluding carboxylic acids is 1. The third-order valence-electron chi connectivity index (χ3n) is 5.55. The summed E-state index contributed by atoms with van der Waals surface area (Å²) in [6.07, 6.45) is 7.40. The van der Waals surface area contributed by atoms with E-state index in [0.29, 0.717) is 36.9 Å². The van der Waals surface area contributed by atoms with E-state index in [4.69, 9.17) is 4.42 Å². The molecule has 1 N–H and O–H groups in total. The number of fused-ring (bicyclic) bond motifs is 2. The largest absolute Gasteiger partial charge is 0.441 e. The van der Waals surface area contributed by atoms with E-state index in [0.717, 1.165) is 24.2 Å². The Bertz CT molecular complexity index is 716. The van der Waals surface area contributed by atoms with Crippen molar-refractivity contribution in [3.05, 3.63) is 42.4 Å². The van der Waals surface area contributed by atoms with Crippen LogP contribution in [0.2, 0.25) is 0 Å². The highest BCUT2D eigenvalue weighted by molar-refractivity contribution is 5.76. The van der Waals surface area contributed by atoms with Gasteiger partial charge in [-0.2, -0.15) is 0 Å². The van der Waals surface area contributed by atoms with E-state index in [1.165, 1.54) is 12.8 Å². The minimum absolute atomic E-state index is 0.186. The van der Waals surface area contributed by atoms with Crippen molar-refractivity contribution in [3.8, 4) is 11.3 Å². The van der Waals surface area contributed by atoms with Crippen molar-refractivity contribution in [1.29, 1.82) is 0 Å². The topological polar surface area (TPSA) is 58.4 Å². The molecule has 2 saturated heterocycles. The summed E-state index contributed by atoms with van der Waals surface area (Å²) in [6.45, 7) is 0. The number of hydrogen-bond acceptors (Lipinski definition) is 4. The highest BCUT2D eigenvalue weighted by Gasteiger charge is 2.36. The first-order valence-corrected chi connectivity index (χ1v) is 9.21. The lowest BCUT2D eigenvalue weighted by atomic mass is 9.98. The lowest BCUT2D eigenvalue weighted by molar-refractivity contribution is -0.132. The molecule has 4 rings (SSSR count). The fourth-order valence-electron chi connectivity index (χ4n) is 4.10. The summed E-state index contributed by atoms with van der Waals surface area (Å²) in [6, 6.07) is 11.5. The van der Waals surface area contributed by atoms with E-state index in [-0.39, 0.29) is 5.91 Å². The fraction of sp³-hybridized carbons (Fsp3) is 0.500. The van der Waals surface area contributed by atoms with Crippen molar-refractivity contribution in [2.24, 2.45) is 0 Å². The molecule has 2 fully saturated rings. The maximum absolute atomic E-state index is 12.6. The number of nitrogens with zero attached hydrogens (tertiary/aromatic N) is 2. The standard InChI is InChI=1S/C20H25N3O2/c1-23(17-11-15-7-8-16(12-17)22-15)20(24)10-9-19-21-13-18(25-19)14-5-3-2-4-6-14/h2-6,13,15-17,22H,7-12H2,1H3. The smallest absolute Gasteiger partial charge is 0.223 e. The Morgan fingerprint density at radius 3 is 2.68 bits per heavy atom. The highest BCUT2D eigenvalue weighted by Crippen LogP contribution is 2.29. The quantitative estimate of drug-likeness (QED) is 0.910. The van der Waals surface area contributed by atoms with Crippen molar-refractivity contribution in [1.82, 2.24) is 15.2 Å². The number of aromatic nitrogens is 1. The number of oxazole rings is 1. The summed E-state index contributed by atoms with van der Waals surface area (Å²) in [5.74, 6) is 1.57. The van der Waals surface area contributed by atoms with Crippen LogP contribution >= 0.6 is 0 Å². The van der Waals surface area contributed by atoms with Gasteiger partial charge in [-0.3, -0.25) is 4.79 Å². The third kappa shape index (κ3) is 3.61. The molecule has 132 valence electrons. The predicted octanol–water partition coefficient (Wildman–Crippen LogP) is 3.02. The summed E-state index contributed by atoms with van der Waals surface area (Å²) < 4.78 is 5.80. The molecular weight excluding hydrogens is 314 g/mol. The van der Waals surface area contributed by atoms with Gasteiger partial charge in [0.05, 0.1) is 6.20 Å². The average Bonchev–Trinajstić information content (AvgIpc) is 3.26. The van der Waals surface area contributed by atoms with Gasteiger partial charge in [0.1, 0.15) is 0 Å². The highest BCUT2D eigenvalue weighted by atomic mass is 16.4. The molecule has 2 unspecified atom stereocenters. The molecule has 0 spiro atoms. The maximum atomic E-state index is 12.6. The Balaban J connectivity index is 1.32. The molecule has 2 aliphatic heterocycles. The van der Waals surface area contributed by atoms with Gasteiger partial charge in [0.15, 0.2) is 11.7 Å². The van der Waals surface area contributed by atoms with Crippen molar-refractivity contribution in [2.75, 3.05) is 7.05 Å². The van der Waals surface area contributed by atoms with Crippen molar-refractivity contribution >= 4 is 5.91 Å². The molecule has 1 aromatic carbocycles. The van der Waals surface area contributed by atoms with Gasteiger partial charge in [-0.1, -0.05) is 30.3 Å². The van der Waals surface area contributed by atoms with Crippen LogP contribution < -0.4 is 5.32 Å². The van der Waals surface area contributed by atoms with E-state index >= 15 is 0 Å². The minimum Gasteiger partial charge on any atom is -0.441 e. The van der Waals surface area contributed by atoms with Crippen molar-refractivity contribution in [3.63, 3.8) is 0 Å². The van der Waals surface area contributed by atoms with Crippen LogP contribution in [0.15, 0.2) is 40.9 Å². The van der Waals surface area contributed by atoms with Crippen LogP contribution in [-0.2, 0) is 11.2 Å². The van der Waals surface area contributed by atoms with E-state index in [1.807, 2.05) is 42.3 Å². The second-order valence-corrected chi connectivity index (χ2v) is 7.25. The molecule has 2 aromatic rings. The van der Waals surface area contributed by atoms with E-state index < -0.39 is 0 Å². The summed E-state index contributed by atoms with van der Waals surface area (Å²) in [5, 5.41) is 3.63. The van der Waals surface area contributed by atoms with E-state index in [1.54, 1.807) is 6.20 Å². The Labute approximate surface area is 148 Å². The number of carbonyl (C=O) groups is 1. The zero-order valence-corrected chi connectivity index (χ0v) is 14.6. The lowest BCUT2D eigenvalue weighted by Gasteiger charge is -2.35. The fourth-order valence-corrected chi connectivity index (χ4v) is 4.10. The molecule has 3 heterocycles. The molecule has 1 aromatic heterocycles. The van der Waals surface area contributed by atoms with E-state index in [2.05, 4.69) is 10.3 Å². The van der Waals surface area contributed by atoms with Gasteiger partial charge >= 0.3 is 0 Å². The van der Waals surface area contributed by atoms with Gasteiger partial charge < -0.3 is 14.6 Å². The van der Waals surface area contributed by atoms with Crippen LogP contribution in [0.3, 0.4) is 0 Å². The Morgan fingerprint density at radius 2 is 1.96 bits per heavy atom. The first-order chi connectivity index (χ1) is 12.2. The number of rotatable bonds is 5. The number of hydrogen-bond donors (Lipinski definition) is 1. The molecule has 2 bridgehead atoms. The number of amides is 1. The molecular formula is C20H25N3O2. The zero-order chi connectivity index (χ0) is 17.2. The average molecular weight is 339 g/mol. The molecule has 1 amide bonds. The Morgan fingerprint density at radius 1 is 1.24 bits per heavy atom. The summed E-state index contributed by atoms with van der Waals surface area (Å²) in [5.41, 5.74) is 1.01. The second kappa shape index (κ2) is 7.00. The predicted molar refractivity (Wildman–Crippen MR) is 96.0 cm³/mol. The first kappa shape index (κ1) is 16.3. The monoisotopic (exact) mass is 339 g/mol. The van der Waals surface area contributed by atoms with Crippen LogP contribution in [0.25, 0.3) is 11.3 Å². The van der Waals surface area contributed by atoms with Gasteiger partial charge in [0.25, 0.3) is 0 Å². The zero-order valence-electron chi connectivity index (χ0n) is 14.6. The number of nitrogens with one attached hydrogen (secondary N) is 1. The molecule has 0 saturated carbocycles. The van der Waals surface area contributed by atoms with Crippen LogP contribution in [0.1, 0.15) is 38.0 Å². The van der Waals surface area contributed by atoms with Gasteiger partial charge in [0, 0.05) is 43.6 Å². The van der Waals surface area contributed by atoms with Gasteiger partial charge in [0.2, 0.25) is 5.91 Å². The second-order valence-electron chi connectivity index (χ2n) is 7.25. The van der Waals surface area contributed by atoms with E-state index in [9.17, 15) is 4.79 Å². The maximum Gasteiger partial charge on any atom is 0.223 e.